The van der Waals surface area contributed by atoms with E-state index in [9.17, 15) is 4.79 Å². The van der Waals surface area contributed by atoms with Crippen LogP contribution in [-0.4, -0.2) is 12.0 Å². The number of nitrogens with zero attached hydrogens (tertiary/aromatic N) is 1. The molecule has 84 valence electrons. The average molecular weight is 218 g/mol. The molecule has 0 aliphatic heterocycles. The van der Waals surface area contributed by atoms with Crippen molar-refractivity contribution in [3.63, 3.8) is 0 Å². The van der Waals surface area contributed by atoms with Crippen LogP contribution >= 0.6 is 0 Å². The third-order valence-electron chi connectivity index (χ3n) is 1.76. The number of nitriles is 1. The molecule has 0 saturated heterocycles. The van der Waals surface area contributed by atoms with Gasteiger partial charge in [-0.1, -0.05) is 12.1 Å². The van der Waals surface area contributed by atoms with E-state index < -0.39 is 0 Å². The summed E-state index contributed by atoms with van der Waals surface area (Å²) in [5, 5.41) is 11.0. The summed E-state index contributed by atoms with van der Waals surface area (Å²) in [7, 11) is 0. The maximum absolute atomic E-state index is 11.3. The quantitative estimate of drug-likeness (QED) is 0.843. The highest BCUT2D eigenvalue weighted by molar-refractivity contribution is 5.93. The van der Waals surface area contributed by atoms with E-state index in [0.717, 1.165) is 0 Å². The van der Waals surface area contributed by atoms with Crippen LogP contribution in [-0.2, 0) is 4.79 Å². The molecule has 1 amide bonds. The Kier molecular flexibility index (Phi) is 4.34. The molecular formula is C12H14N2O2. The molecule has 0 spiro atoms. The molecule has 0 aliphatic carbocycles. The van der Waals surface area contributed by atoms with E-state index in [1.807, 2.05) is 19.9 Å². The molecule has 16 heavy (non-hydrogen) atoms. The molecule has 0 atom stereocenters. The Bertz CT molecular complexity index is 408. The van der Waals surface area contributed by atoms with Gasteiger partial charge in [0.15, 0.2) is 0 Å². The number of para-hydroxylation sites is 2. The molecule has 0 radical (unpaired) electrons. The highest BCUT2D eigenvalue weighted by atomic mass is 16.5. The third kappa shape index (κ3) is 3.62. The van der Waals surface area contributed by atoms with Crippen molar-refractivity contribution in [1.29, 1.82) is 5.26 Å². The highest BCUT2D eigenvalue weighted by Crippen LogP contribution is 2.24. The van der Waals surface area contributed by atoms with E-state index in [4.69, 9.17) is 10.00 Å². The van der Waals surface area contributed by atoms with Crippen LogP contribution in [0.2, 0.25) is 0 Å². The van der Waals surface area contributed by atoms with Gasteiger partial charge >= 0.3 is 0 Å². The lowest BCUT2D eigenvalue weighted by molar-refractivity contribution is -0.115. The van der Waals surface area contributed by atoms with Gasteiger partial charge in [-0.25, -0.2) is 0 Å². The van der Waals surface area contributed by atoms with E-state index >= 15 is 0 Å². The lowest BCUT2D eigenvalue weighted by Crippen LogP contribution is -2.13. The SMILES string of the molecule is CC(C)Oc1ccccc1NC(=O)CC#N. The van der Waals surface area contributed by atoms with Crippen molar-refractivity contribution < 1.29 is 9.53 Å². The smallest absolute Gasteiger partial charge is 0.238 e. The lowest BCUT2D eigenvalue weighted by Gasteiger charge is -2.14. The van der Waals surface area contributed by atoms with Gasteiger partial charge in [0.1, 0.15) is 12.2 Å². The van der Waals surface area contributed by atoms with Gasteiger partial charge in [0.2, 0.25) is 5.91 Å². The second kappa shape index (κ2) is 5.76. The minimum atomic E-state index is -0.331. The second-order valence-corrected chi connectivity index (χ2v) is 3.55. The first-order chi connectivity index (χ1) is 7.63. The van der Waals surface area contributed by atoms with Crippen LogP contribution in [0.5, 0.6) is 5.75 Å². The van der Waals surface area contributed by atoms with Crippen molar-refractivity contribution in [2.45, 2.75) is 26.4 Å². The molecule has 0 heterocycles. The molecule has 4 nitrogen and oxygen atoms in total. The number of hydrogen-bond donors (Lipinski definition) is 1. The monoisotopic (exact) mass is 218 g/mol. The van der Waals surface area contributed by atoms with E-state index in [0.29, 0.717) is 11.4 Å². The van der Waals surface area contributed by atoms with Crippen LogP contribution in [0.25, 0.3) is 0 Å². The summed E-state index contributed by atoms with van der Waals surface area (Å²) in [6, 6.07) is 8.95. The van der Waals surface area contributed by atoms with Crippen LogP contribution in [0, 0.1) is 11.3 Å². The first-order valence-electron chi connectivity index (χ1n) is 5.06. The molecule has 4 heteroatoms. The number of carbonyl (C=O) groups excluding carboxylic acids is 1. The summed E-state index contributed by atoms with van der Waals surface area (Å²) < 4.78 is 5.53. The van der Waals surface area contributed by atoms with Crippen LogP contribution in [0.15, 0.2) is 24.3 Å². The van der Waals surface area contributed by atoms with Crippen LogP contribution in [0.3, 0.4) is 0 Å². The first kappa shape index (κ1) is 12.1. The van der Waals surface area contributed by atoms with Crippen LogP contribution in [0.1, 0.15) is 20.3 Å². The number of ether oxygens (including phenoxy) is 1. The largest absolute Gasteiger partial charge is 0.489 e. The summed E-state index contributed by atoms with van der Waals surface area (Å²) in [4.78, 5) is 11.3. The van der Waals surface area contributed by atoms with E-state index in [-0.39, 0.29) is 18.4 Å². The van der Waals surface area contributed by atoms with Gasteiger partial charge in [0.25, 0.3) is 0 Å². The average Bonchev–Trinajstić information content (AvgIpc) is 2.20. The molecule has 0 unspecified atom stereocenters. The zero-order valence-electron chi connectivity index (χ0n) is 9.36. The van der Waals surface area contributed by atoms with Crippen molar-refractivity contribution in [1.82, 2.24) is 0 Å². The van der Waals surface area contributed by atoms with Gasteiger partial charge in [-0.3, -0.25) is 4.79 Å². The number of anilines is 1. The molecule has 0 fully saturated rings. The Morgan fingerprint density at radius 2 is 2.19 bits per heavy atom. The van der Waals surface area contributed by atoms with Gasteiger partial charge in [0.05, 0.1) is 17.9 Å². The maximum atomic E-state index is 11.3. The van der Waals surface area contributed by atoms with Gasteiger partial charge in [-0.15, -0.1) is 0 Å². The van der Waals surface area contributed by atoms with Crippen LogP contribution < -0.4 is 10.1 Å². The first-order valence-corrected chi connectivity index (χ1v) is 5.06. The predicted octanol–water partition coefficient (Wildman–Crippen LogP) is 2.33. The topological polar surface area (TPSA) is 62.1 Å². The fraction of sp³-hybridized carbons (Fsp3) is 0.333. The minimum absolute atomic E-state index is 0.0361. The number of nitrogens with one attached hydrogen (secondary N) is 1. The third-order valence-corrected chi connectivity index (χ3v) is 1.76. The fourth-order valence-corrected chi connectivity index (χ4v) is 1.19. The minimum Gasteiger partial charge on any atom is -0.489 e. The molecule has 0 aromatic heterocycles. The van der Waals surface area contributed by atoms with Crippen molar-refractivity contribution in [3.05, 3.63) is 24.3 Å². The molecule has 0 bridgehead atoms. The normalized spacial score (nSPS) is 9.62. The van der Waals surface area contributed by atoms with Crippen molar-refractivity contribution >= 4 is 11.6 Å². The predicted molar refractivity (Wildman–Crippen MR) is 61.1 cm³/mol. The molecule has 1 aromatic rings. The number of benzene rings is 1. The summed E-state index contributed by atoms with van der Waals surface area (Å²) in [6.45, 7) is 3.82. The van der Waals surface area contributed by atoms with Crippen molar-refractivity contribution in [2.75, 3.05) is 5.32 Å². The fourth-order valence-electron chi connectivity index (χ4n) is 1.19. The van der Waals surface area contributed by atoms with E-state index in [2.05, 4.69) is 5.32 Å². The Hall–Kier alpha value is -2.02. The standard InChI is InChI=1S/C12H14N2O2/c1-9(2)16-11-6-4-3-5-10(11)14-12(15)7-8-13/h3-6,9H,7H2,1-2H3,(H,14,15). The van der Waals surface area contributed by atoms with Gasteiger partial charge in [-0.2, -0.15) is 5.26 Å². The molecule has 1 rings (SSSR count). The zero-order valence-corrected chi connectivity index (χ0v) is 9.36. The number of amides is 1. The summed E-state index contributed by atoms with van der Waals surface area (Å²) >= 11 is 0. The van der Waals surface area contributed by atoms with Crippen LogP contribution in [0.4, 0.5) is 5.69 Å². The number of hydrogen-bond acceptors (Lipinski definition) is 3. The second-order valence-electron chi connectivity index (χ2n) is 3.55. The Balaban J connectivity index is 2.79. The van der Waals surface area contributed by atoms with E-state index in [1.54, 1.807) is 24.3 Å². The zero-order chi connectivity index (χ0) is 12.0. The number of rotatable bonds is 4. The Morgan fingerprint density at radius 1 is 1.50 bits per heavy atom. The maximum Gasteiger partial charge on any atom is 0.238 e. The molecular weight excluding hydrogens is 204 g/mol. The molecule has 1 aromatic carbocycles. The lowest BCUT2D eigenvalue weighted by atomic mass is 10.2. The molecule has 0 saturated carbocycles. The summed E-state index contributed by atoms with van der Waals surface area (Å²) in [6.07, 6.45) is -0.121. The Morgan fingerprint density at radius 3 is 2.81 bits per heavy atom. The Labute approximate surface area is 94.8 Å². The van der Waals surface area contributed by atoms with Gasteiger partial charge in [-0.05, 0) is 26.0 Å². The number of carbonyl (C=O) groups is 1. The molecule has 0 aliphatic rings. The van der Waals surface area contributed by atoms with Crippen molar-refractivity contribution in [2.24, 2.45) is 0 Å². The van der Waals surface area contributed by atoms with Gasteiger partial charge in [0, 0.05) is 0 Å². The summed E-state index contributed by atoms with van der Waals surface area (Å²) in [5.74, 6) is 0.283. The van der Waals surface area contributed by atoms with Crippen molar-refractivity contribution in [3.8, 4) is 11.8 Å². The molecule has 1 N–H and O–H groups in total. The van der Waals surface area contributed by atoms with E-state index in [1.165, 1.54) is 0 Å². The van der Waals surface area contributed by atoms with Gasteiger partial charge < -0.3 is 10.1 Å². The summed E-state index contributed by atoms with van der Waals surface area (Å²) in [5.41, 5.74) is 0.594. The highest BCUT2D eigenvalue weighted by Gasteiger charge is 2.07.